The maximum Gasteiger partial charge on any atom is 0.234 e. The van der Waals surface area contributed by atoms with E-state index < -0.39 is 0 Å². The van der Waals surface area contributed by atoms with E-state index in [0.717, 1.165) is 54.6 Å². The summed E-state index contributed by atoms with van der Waals surface area (Å²) >= 11 is 0. The Labute approximate surface area is 128 Å². The highest BCUT2D eigenvalue weighted by Gasteiger charge is 2.18. The maximum absolute atomic E-state index is 4.66. The molecule has 0 radical (unpaired) electrons. The summed E-state index contributed by atoms with van der Waals surface area (Å²) in [6.07, 6.45) is 6.65. The van der Waals surface area contributed by atoms with Crippen LogP contribution in [-0.4, -0.2) is 35.8 Å². The van der Waals surface area contributed by atoms with E-state index in [1.54, 1.807) is 6.33 Å². The number of fused-ring (bicyclic) bond motifs is 2. The highest BCUT2D eigenvalue weighted by atomic mass is 15.2. The van der Waals surface area contributed by atoms with Crippen molar-refractivity contribution in [3.8, 4) is 0 Å². The van der Waals surface area contributed by atoms with Crippen LogP contribution in [0, 0.1) is 13.8 Å². The molecule has 0 unspecified atom stereocenters. The predicted molar refractivity (Wildman–Crippen MR) is 82.3 cm³/mol. The lowest BCUT2D eigenvalue weighted by molar-refractivity contribution is 0.238. The SMILES string of the molecule is Cc1cc(C)n2cc(CN3CCc4cncnc4C3)nc2n1. The van der Waals surface area contributed by atoms with Gasteiger partial charge in [0, 0.05) is 43.4 Å². The van der Waals surface area contributed by atoms with Crippen molar-refractivity contribution in [2.45, 2.75) is 33.4 Å². The third-order valence-electron chi connectivity index (χ3n) is 4.15. The van der Waals surface area contributed by atoms with Gasteiger partial charge >= 0.3 is 0 Å². The van der Waals surface area contributed by atoms with Crippen LogP contribution in [0.15, 0.2) is 24.8 Å². The number of hydrogen-bond acceptors (Lipinski definition) is 5. The van der Waals surface area contributed by atoms with E-state index in [-0.39, 0.29) is 0 Å². The molecule has 0 spiro atoms. The Kier molecular flexibility index (Phi) is 3.11. The number of hydrogen-bond donors (Lipinski definition) is 0. The van der Waals surface area contributed by atoms with Gasteiger partial charge in [0.1, 0.15) is 6.33 Å². The summed E-state index contributed by atoms with van der Waals surface area (Å²) in [4.78, 5) is 20.0. The summed E-state index contributed by atoms with van der Waals surface area (Å²) in [5.74, 6) is 0.784. The van der Waals surface area contributed by atoms with E-state index in [4.69, 9.17) is 0 Å². The van der Waals surface area contributed by atoms with Crippen LogP contribution in [0.3, 0.4) is 0 Å². The second-order valence-electron chi connectivity index (χ2n) is 5.90. The molecule has 0 aromatic carbocycles. The Morgan fingerprint density at radius 1 is 1.23 bits per heavy atom. The molecule has 3 aromatic heterocycles. The van der Waals surface area contributed by atoms with Gasteiger partial charge in [-0.25, -0.2) is 19.9 Å². The summed E-state index contributed by atoms with van der Waals surface area (Å²) < 4.78 is 2.06. The van der Waals surface area contributed by atoms with Crippen LogP contribution < -0.4 is 0 Å². The minimum Gasteiger partial charge on any atom is -0.291 e. The first-order valence-corrected chi connectivity index (χ1v) is 7.51. The van der Waals surface area contributed by atoms with Gasteiger partial charge in [-0.05, 0) is 31.9 Å². The van der Waals surface area contributed by atoms with Crippen molar-refractivity contribution in [2.75, 3.05) is 6.54 Å². The molecule has 0 atom stereocenters. The van der Waals surface area contributed by atoms with E-state index in [2.05, 4.69) is 48.4 Å². The fourth-order valence-electron chi connectivity index (χ4n) is 3.06. The number of imidazole rings is 1. The molecule has 1 aliphatic heterocycles. The van der Waals surface area contributed by atoms with E-state index in [9.17, 15) is 0 Å². The average molecular weight is 294 g/mol. The van der Waals surface area contributed by atoms with Crippen LogP contribution in [-0.2, 0) is 19.5 Å². The summed E-state index contributed by atoms with van der Waals surface area (Å²) in [5, 5.41) is 0. The summed E-state index contributed by atoms with van der Waals surface area (Å²) in [5.41, 5.74) is 5.62. The number of rotatable bonds is 2. The Hall–Kier alpha value is -2.34. The Balaban J connectivity index is 1.58. The van der Waals surface area contributed by atoms with Gasteiger partial charge in [-0.3, -0.25) is 9.30 Å². The molecule has 4 heterocycles. The maximum atomic E-state index is 4.66. The molecule has 6 heteroatoms. The van der Waals surface area contributed by atoms with Gasteiger partial charge < -0.3 is 0 Å². The zero-order valence-corrected chi connectivity index (χ0v) is 12.8. The molecule has 6 nitrogen and oxygen atoms in total. The number of nitrogens with zero attached hydrogens (tertiary/aromatic N) is 6. The van der Waals surface area contributed by atoms with Gasteiger partial charge in [0.15, 0.2) is 0 Å². The zero-order chi connectivity index (χ0) is 15.1. The second kappa shape index (κ2) is 5.14. The van der Waals surface area contributed by atoms with Gasteiger partial charge in [-0.1, -0.05) is 0 Å². The van der Waals surface area contributed by atoms with Crippen LogP contribution >= 0.6 is 0 Å². The molecule has 1 aliphatic rings. The third kappa shape index (κ3) is 2.35. The van der Waals surface area contributed by atoms with Crippen LogP contribution in [0.1, 0.15) is 28.3 Å². The quantitative estimate of drug-likeness (QED) is 0.720. The van der Waals surface area contributed by atoms with E-state index in [0.29, 0.717) is 0 Å². The fourth-order valence-corrected chi connectivity index (χ4v) is 3.06. The van der Waals surface area contributed by atoms with E-state index in [1.165, 1.54) is 5.56 Å². The monoisotopic (exact) mass is 294 g/mol. The number of aromatic nitrogens is 5. The fraction of sp³-hybridized carbons (Fsp3) is 0.375. The van der Waals surface area contributed by atoms with Crippen LogP contribution in [0.2, 0.25) is 0 Å². The molecule has 0 N–H and O–H groups in total. The lowest BCUT2D eigenvalue weighted by Crippen LogP contribution is -2.30. The Morgan fingerprint density at radius 2 is 2.14 bits per heavy atom. The number of aryl methyl sites for hydroxylation is 2. The largest absolute Gasteiger partial charge is 0.291 e. The minimum absolute atomic E-state index is 0.784. The van der Waals surface area contributed by atoms with Gasteiger partial charge in [-0.2, -0.15) is 0 Å². The van der Waals surface area contributed by atoms with Crippen molar-refractivity contribution in [3.05, 3.63) is 53.1 Å². The summed E-state index contributed by atoms with van der Waals surface area (Å²) in [6.45, 7) is 6.78. The van der Waals surface area contributed by atoms with Crippen LogP contribution in [0.25, 0.3) is 5.78 Å². The normalized spacial score (nSPS) is 15.2. The Morgan fingerprint density at radius 3 is 3.05 bits per heavy atom. The van der Waals surface area contributed by atoms with Crippen molar-refractivity contribution >= 4 is 5.78 Å². The first-order chi connectivity index (χ1) is 10.7. The van der Waals surface area contributed by atoms with Crippen molar-refractivity contribution in [3.63, 3.8) is 0 Å². The predicted octanol–water partition coefficient (Wildman–Crippen LogP) is 1.69. The van der Waals surface area contributed by atoms with Gasteiger partial charge in [0.05, 0.1) is 11.4 Å². The molecule has 0 amide bonds. The highest BCUT2D eigenvalue weighted by molar-refractivity contribution is 5.34. The molecular formula is C16H18N6. The average Bonchev–Trinajstić information content (AvgIpc) is 2.90. The first kappa shape index (κ1) is 13.3. The van der Waals surface area contributed by atoms with Crippen molar-refractivity contribution in [2.24, 2.45) is 0 Å². The molecule has 0 fully saturated rings. The molecule has 3 aromatic rings. The summed E-state index contributed by atoms with van der Waals surface area (Å²) in [6, 6.07) is 2.08. The summed E-state index contributed by atoms with van der Waals surface area (Å²) in [7, 11) is 0. The smallest absolute Gasteiger partial charge is 0.234 e. The third-order valence-corrected chi connectivity index (χ3v) is 4.15. The molecule has 0 bridgehead atoms. The molecule has 0 saturated carbocycles. The van der Waals surface area contributed by atoms with Crippen LogP contribution in [0.4, 0.5) is 0 Å². The second-order valence-corrected chi connectivity index (χ2v) is 5.90. The van der Waals surface area contributed by atoms with Crippen LogP contribution in [0.5, 0.6) is 0 Å². The zero-order valence-electron chi connectivity index (χ0n) is 12.8. The minimum atomic E-state index is 0.784. The van der Waals surface area contributed by atoms with Gasteiger partial charge in [-0.15, -0.1) is 0 Å². The first-order valence-electron chi connectivity index (χ1n) is 7.51. The Bertz CT molecular complexity index is 838. The molecule has 0 saturated heterocycles. The van der Waals surface area contributed by atoms with Crippen molar-refractivity contribution < 1.29 is 0 Å². The molecular weight excluding hydrogens is 276 g/mol. The highest BCUT2D eigenvalue weighted by Crippen LogP contribution is 2.18. The van der Waals surface area contributed by atoms with E-state index in [1.807, 2.05) is 13.1 Å². The molecule has 0 aliphatic carbocycles. The van der Waals surface area contributed by atoms with Gasteiger partial charge in [0.2, 0.25) is 5.78 Å². The lowest BCUT2D eigenvalue weighted by Gasteiger charge is -2.26. The van der Waals surface area contributed by atoms with Crippen molar-refractivity contribution in [1.82, 2.24) is 29.2 Å². The molecule has 4 rings (SSSR count). The standard InChI is InChI=1S/C16H18N6/c1-11-5-12(2)22-8-14(20-16(22)19-11)7-21-4-3-13-6-17-10-18-15(13)9-21/h5-6,8,10H,3-4,7,9H2,1-2H3. The lowest BCUT2D eigenvalue weighted by atomic mass is 10.1. The molecule has 112 valence electrons. The molecule has 22 heavy (non-hydrogen) atoms. The van der Waals surface area contributed by atoms with Crippen molar-refractivity contribution in [1.29, 1.82) is 0 Å². The van der Waals surface area contributed by atoms with Gasteiger partial charge in [0.25, 0.3) is 0 Å². The van der Waals surface area contributed by atoms with E-state index >= 15 is 0 Å². The topological polar surface area (TPSA) is 59.2 Å².